The van der Waals surface area contributed by atoms with Gasteiger partial charge < -0.3 is 10.2 Å². The zero-order valence-electron chi connectivity index (χ0n) is 10.1. The first-order valence-electron chi connectivity index (χ1n) is 6.23. The van der Waals surface area contributed by atoms with Crippen molar-refractivity contribution in [1.29, 1.82) is 0 Å². The Morgan fingerprint density at radius 2 is 1.79 bits per heavy atom. The second kappa shape index (κ2) is 6.41. The molecule has 0 amide bonds. The molecule has 2 heteroatoms. The zero-order chi connectivity index (χ0) is 10.4. The molecule has 0 aromatic rings. The summed E-state index contributed by atoms with van der Waals surface area (Å²) >= 11 is 0. The van der Waals surface area contributed by atoms with E-state index < -0.39 is 0 Å². The maximum Gasteiger partial charge on any atom is 0.00962 e. The van der Waals surface area contributed by atoms with Gasteiger partial charge >= 0.3 is 0 Å². The van der Waals surface area contributed by atoms with Gasteiger partial charge in [-0.05, 0) is 52.2 Å². The topological polar surface area (TPSA) is 15.3 Å². The van der Waals surface area contributed by atoms with Crippen LogP contribution in [0.1, 0.15) is 46.0 Å². The van der Waals surface area contributed by atoms with Crippen molar-refractivity contribution in [3.63, 3.8) is 0 Å². The molecular weight excluding hydrogens is 172 g/mol. The normalized spacial score (nSPS) is 28.3. The molecule has 0 saturated heterocycles. The van der Waals surface area contributed by atoms with Gasteiger partial charge in [-0.25, -0.2) is 0 Å². The Kier molecular flexibility index (Phi) is 5.49. The van der Waals surface area contributed by atoms with Crippen LogP contribution < -0.4 is 5.32 Å². The standard InChI is InChI=1S/C12H26N2/c1-4-10-14(5-2)12-8-6-11(13-3)7-9-12/h11-13H,4-10H2,1-3H3. The molecular formula is C12H26N2. The van der Waals surface area contributed by atoms with Gasteiger partial charge in [0.25, 0.3) is 0 Å². The van der Waals surface area contributed by atoms with Gasteiger partial charge in [0.05, 0.1) is 0 Å². The summed E-state index contributed by atoms with van der Waals surface area (Å²) in [6.07, 6.45) is 6.79. The molecule has 1 saturated carbocycles. The number of nitrogens with zero attached hydrogens (tertiary/aromatic N) is 1. The SMILES string of the molecule is CCCN(CC)C1CCC(NC)CC1. The van der Waals surface area contributed by atoms with Gasteiger partial charge in [-0.2, -0.15) is 0 Å². The van der Waals surface area contributed by atoms with E-state index in [0.29, 0.717) is 0 Å². The lowest BCUT2D eigenvalue weighted by Crippen LogP contribution is -2.41. The van der Waals surface area contributed by atoms with Gasteiger partial charge in [0.1, 0.15) is 0 Å². The van der Waals surface area contributed by atoms with Crippen molar-refractivity contribution in [2.45, 2.75) is 58.0 Å². The lowest BCUT2D eigenvalue weighted by molar-refractivity contribution is 0.152. The summed E-state index contributed by atoms with van der Waals surface area (Å²) in [5, 5.41) is 3.39. The highest BCUT2D eigenvalue weighted by atomic mass is 15.1. The zero-order valence-corrected chi connectivity index (χ0v) is 10.1. The van der Waals surface area contributed by atoms with Crippen molar-refractivity contribution in [3.8, 4) is 0 Å². The molecule has 0 radical (unpaired) electrons. The molecule has 0 atom stereocenters. The molecule has 0 heterocycles. The van der Waals surface area contributed by atoms with Crippen LogP contribution in [0.5, 0.6) is 0 Å². The Balaban J connectivity index is 2.31. The minimum atomic E-state index is 0.784. The molecule has 1 rings (SSSR count). The van der Waals surface area contributed by atoms with Crippen LogP contribution in [0.25, 0.3) is 0 Å². The maximum absolute atomic E-state index is 3.39. The fraction of sp³-hybridized carbons (Fsp3) is 1.00. The average Bonchev–Trinajstić information content (AvgIpc) is 2.26. The van der Waals surface area contributed by atoms with E-state index in [1.54, 1.807) is 0 Å². The third-order valence-corrected chi connectivity index (χ3v) is 3.54. The van der Waals surface area contributed by atoms with Crippen molar-refractivity contribution in [1.82, 2.24) is 10.2 Å². The van der Waals surface area contributed by atoms with Crippen molar-refractivity contribution in [3.05, 3.63) is 0 Å². The summed E-state index contributed by atoms with van der Waals surface area (Å²) in [5.74, 6) is 0. The molecule has 1 aliphatic carbocycles. The summed E-state index contributed by atoms with van der Waals surface area (Å²) in [4.78, 5) is 2.66. The molecule has 2 nitrogen and oxygen atoms in total. The lowest BCUT2D eigenvalue weighted by atomic mass is 9.90. The second-order valence-electron chi connectivity index (χ2n) is 4.42. The second-order valence-corrected chi connectivity index (χ2v) is 4.42. The van der Waals surface area contributed by atoms with E-state index in [9.17, 15) is 0 Å². The molecule has 14 heavy (non-hydrogen) atoms. The van der Waals surface area contributed by atoms with Gasteiger partial charge in [0, 0.05) is 12.1 Å². The third-order valence-electron chi connectivity index (χ3n) is 3.54. The van der Waals surface area contributed by atoms with Crippen LogP contribution in [0, 0.1) is 0 Å². The summed E-state index contributed by atoms with van der Waals surface area (Å²) in [6, 6.07) is 1.65. The quantitative estimate of drug-likeness (QED) is 0.729. The van der Waals surface area contributed by atoms with Gasteiger partial charge in [0.15, 0.2) is 0 Å². The van der Waals surface area contributed by atoms with Crippen molar-refractivity contribution in [2.75, 3.05) is 20.1 Å². The fourth-order valence-corrected chi connectivity index (χ4v) is 2.62. The Morgan fingerprint density at radius 3 is 2.21 bits per heavy atom. The highest BCUT2D eigenvalue weighted by molar-refractivity contribution is 4.81. The molecule has 1 aliphatic rings. The average molecular weight is 198 g/mol. The molecule has 1 fully saturated rings. The summed E-state index contributed by atoms with van der Waals surface area (Å²) in [5.41, 5.74) is 0. The van der Waals surface area contributed by atoms with E-state index in [4.69, 9.17) is 0 Å². The number of nitrogens with one attached hydrogen (secondary N) is 1. The predicted molar refractivity (Wildman–Crippen MR) is 62.6 cm³/mol. The molecule has 0 bridgehead atoms. The van der Waals surface area contributed by atoms with E-state index in [1.807, 2.05) is 0 Å². The minimum absolute atomic E-state index is 0.784. The first-order chi connectivity index (χ1) is 6.81. The number of rotatable bonds is 5. The molecule has 0 unspecified atom stereocenters. The van der Waals surface area contributed by atoms with Gasteiger partial charge in [-0.1, -0.05) is 13.8 Å². The van der Waals surface area contributed by atoms with Crippen LogP contribution in [-0.4, -0.2) is 37.1 Å². The van der Waals surface area contributed by atoms with Crippen LogP contribution >= 0.6 is 0 Å². The first kappa shape index (κ1) is 12.0. The monoisotopic (exact) mass is 198 g/mol. The van der Waals surface area contributed by atoms with Crippen molar-refractivity contribution >= 4 is 0 Å². The van der Waals surface area contributed by atoms with Crippen LogP contribution in [-0.2, 0) is 0 Å². The van der Waals surface area contributed by atoms with Gasteiger partial charge in [0.2, 0.25) is 0 Å². The Bertz CT molecular complexity index is 139. The first-order valence-corrected chi connectivity index (χ1v) is 6.23. The third kappa shape index (κ3) is 3.25. The Hall–Kier alpha value is -0.0800. The largest absolute Gasteiger partial charge is 0.317 e. The fourth-order valence-electron chi connectivity index (χ4n) is 2.62. The van der Waals surface area contributed by atoms with Crippen LogP contribution in [0.4, 0.5) is 0 Å². The maximum atomic E-state index is 3.39. The molecule has 0 aromatic heterocycles. The number of hydrogen-bond donors (Lipinski definition) is 1. The molecule has 0 aromatic carbocycles. The van der Waals surface area contributed by atoms with Crippen molar-refractivity contribution in [2.24, 2.45) is 0 Å². The van der Waals surface area contributed by atoms with Gasteiger partial charge in [-0.3, -0.25) is 0 Å². The van der Waals surface area contributed by atoms with E-state index in [-0.39, 0.29) is 0 Å². The molecule has 0 aliphatic heterocycles. The van der Waals surface area contributed by atoms with E-state index in [2.05, 4.69) is 31.1 Å². The molecule has 84 valence electrons. The van der Waals surface area contributed by atoms with Crippen molar-refractivity contribution < 1.29 is 0 Å². The summed E-state index contributed by atoms with van der Waals surface area (Å²) < 4.78 is 0. The molecule has 1 N–H and O–H groups in total. The number of hydrogen-bond acceptors (Lipinski definition) is 2. The van der Waals surface area contributed by atoms with Crippen LogP contribution in [0.2, 0.25) is 0 Å². The highest BCUT2D eigenvalue weighted by Gasteiger charge is 2.23. The molecule has 0 spiro atoms. The smallest absolute Gasteiger partial charge is 0.00962 e. The highest BCUT2D eigenvalue weighted by Crippen LogP contribution is 2.22. The van der Waals surface area contributed by atoms with Gasteiger partial charge in [-0.15, -0.1) is 0 Å². The Labute approximate surface area is 89.1 Å². The summed E-state index contributed by atoms with van der Waals surface area (Å²) in [6.45, 7) is 7.08. The van der Waals surface area contributed by atoms with E-state index in [1.165, 1.54) is 45.2 Å². The van der Waals surface area contributed by atoms with Crippen LogP contribution in [0.3, 0.4) is 0 Å². The van der Waals surface area contributed by atoms with Crippen LogP contribution in [0.15, 0.2) is 0 Å². The minimum Gasteiger partial charge on any atom is -0.317 e. The Morgan fingerprint density at radius 1 is 1.14 bits per heavy atom. The van der Waals surface area contributed by atoms with E-state index in [0.717, 1.165) is 12.1 Å². The van der Waals surface area contributed by atoms with E-state index >= 15 is 0 Å². The summed E-state index contributed by atoms with van der Waals surface area (Å²) in [7, 11) is 2.09. The predicted octanol–water partition coefficient (Wildman–Crippen LogP) is 2.25. The lowest BCUT2D eigenvalue weighted by Gasteiger charge is -2.36.